The van der Waals surface area contributed by atoms with Gasteiger partial charge in [0.15, 0.2) is 17.3 Å². The predicted molar refractivity (Wildman–Crippen MR) is 101 cm³/mol. The van der Waals surface area contributed by atoms with Crippen molar-refractivity contribution < 1.29 is 42.4 Å². The maximum atomic E-state index is 13.9. The van der Waals surface area contributed by atoms with Gasteiger partial charge in [0.2, 0.25) is 5.72 Å². The molecule has 2 amide bonds. The van der Waals surface area contributed by atoms with Gasteiger partial charge in [0.05, 0.1) is 20.3 Å². The van der Waals surface area contributed by atoms with Gasteiger partial charge in [-0.15, -0.1) is 0 Å². The molecule has 0 saturated carbocycles. The standard InChI is InChI=1S/C20H19F3N2O6/c1-30-12-6-3-10(4-7-12)17(27)15-16(11-5-8-13(26)14(9-11)31-2)24-18(28)25-19(15,29)20(21,22)23/h3-9,15-16,26,29H,1-2H3,(H2,24,25,28)/t15-,16-,19-/m1/s1. The molecule has 0 bridgehead atoms. The van der Waals surface area contributed by atoms with E-state index in [1.807, 2.05) is 0 Å². The Morgan fingerprint density at radius 3 is 2.29 bits per heavy atom. The van der Waals surface area contributed by atoms with Crippen LogP contribution in [0, 0.1) is 5.92 Å². The van der Waals surface area contributed by atoms with Crippen LogP contribution in [0.25, 0.3) is 0 Å². The number of hydrogen-bond acceptors (Lipinski definition) is 6. The second kappa shape index (κ2) is 7.99. The summed E-state index contributed by atoms with van der Waals surface area (Å²) in [5, 5.41) is 24.1. The van der Waals surface area contributed by atoms with Gasteiger partial charge in [-0.3, -0.25) is 4.79 Å². The Balaban J connectivity index is 2.16. The van der Waals surface area contributed by atoms with E-state index in [2.05, 4.69) is 5.32 Å². The van der Waals surface area contributed by atoms with E-state index in [1.54, 1.807) is 0 Å². The summed E-state index contributed by atoms with van der Waals surface area (Å²) in [5.41, 5.74) is -3.98. The number of Topliss-reactive ketones (excluding diaryl/α,β-unsaturated/α-hetero) is 1. The van der Waals surface area contributed by atoms with Crippen molar-refractivity contribution in [2.24, 2.45) is 5.92 Å². The third-order valence-corrected chi connectivity index (χ3v) is 5.03. The number of carbonyl (C=O) groups excluding carboxylic acids is 2. The number of halogens is 3. The van der Waals surface area contributed by atoms with Crippen LogP contribution in [-0.4, -0.2) is 48.1 Å². The number of urea groups is 1. The number of benzene rings is 2. The molecule has 166 valence electrons. The smallest absolute Gasteiger partial charge is 0.437 e. The lowest BCUT2D eigenvalue weighted by Crippen LogP contribution is -2.72. The molecule has 0 aromatic heterocycles. The molecule has 2 aromatic rings. The number of amides is 2. The normalized spacial score (nSPS) is 23.5. The van der Waals surface area contributed by atoms with Gasteiger partial charge in [-0.2, -0.15) is 13.2 Å². The Morgan fingerprint density at radius 1 is 1.10 bits per heavy atom. The summed E-state index contributed by atoms with van der Waals surface area (Å²) in [7, 11) is 2.61. The molecule has 1 saturated heterocycles. The molecule has 1 heterocycles. The molecular weight excluding hydrogens is 421 g/mol. The fourth-order valence-corrected chi connectivity index (χ4v) is 3.44. The van der Waals surface area contributed by atoms with Crippen LogP contribution in [-0.2, 0) is 0 Å². The van der Waals surface area contributed by atoms with Crippen molar-refractivity contribution in [2.75, 3.05) is 14.2 Å². The SMILES string of the molecule is COc1ccc(C(=O)[C@H]2[C@@H](c3ccc(O)c(OC)c3)NC(=O)N[C@]2(O)C(F)(F)F)cc1. The van der Waals surface area contributed by atoms with Gasteiger partial charge in [-0.25, -0.2) is 4.79 Å². The van der Waals surface area contributed by atoms with E-state index in [0.717, 1.165) is 6.07 Å². The van der Waals surface area contributed by atoms with Crippen molar-refractivity contribution in [1.82, 2.24) is 10.6 Å². The Morgan fingerprint density at radius 2 is 1.74 bits per heavy atom. The molecule has 1 aliphatic rings. The number of ether oxygens (including phenoxy) is 2. The largest absolute Gasteiger partial charge is 0.504 e. The molecule has 0 radical (unpaired) electrons. The van der Waals surface area contributed by atoms with E-state index in [1.165, 1.54) is 55.9 Å². The predicted octanol–water partition coefficient (Wildman–Crippen LogP) is 2.51. The number of carbonyl (C=O) groups is 2. The second-order valence-electron chi connectivity index (χ2n) is 6.84. The first-order chi connectivity index (χ1) is 14.5. The Hall–Kier alpha value is -3.47. The van der Waals surface area contributed by atoms with Crippen LogP contribution in [0.1, 0.15) is 22.0 Å². The summed E-state index contributed by atoms with van der Waals surface area (Å²) in [6.07, 6.45) is -5.38. The topological polar surface area (TPSA) is 117 Å². The van der Waals surface area contributed by atoms with Gasteiger partial charge < -0.3 is 30.3 Å². The van der Waals surface area contributed by atoms with Crippen LogP contribution in [0.5, 0.6) is 17.2 Å². The molecule has 3 atom stereocenters. The van der Waals surface area contributed by atoms with Crippen molar-refractivity contribution in [3.8, 4) is 17.2 Å². The van der Waals surface area contributed by atoms with Crippen molar-refractivity contribution in [2.45, 2.75) is 17.9 Å². The summed E-state index contributed by atoms with van der Waals surface area (Å²) in [6, 6.07) is 5.90. The number of phenolic OH excluding ortho intramolecular Hbond substituents is 1. The first-order valence-corrected chi connectivity index (χ1v) is 8.94. The summed E-state index contributed by atoms with van der Waals surface area (Å²) in [6.45, 7) is 0. The highest BCUT2D eigenvalue weighted by molar-refractivity contribution is 6.00. The van der Waals surface area contributed by atoms with Crippen LogP contribution in [0.15, 0.2) is 42.5 Å². The Bertz CT molecular complexity index is 995. The fraction of sp³-hybridized carbons (Fsp3) is 0.300. The summed E-state index contributed by atoms with van der Waals surface area (Å²) in [4.78, 5) is 25.2. The molecule has 1 fully saturated rings. The third kappa shape index (κ3) is 3.96. The van der Waals surface area contributed by atoms with Crippen molar-refractivity contribution in [3.05, 3.63) is 53.6 Å². The summed E-state index contributed by atoms with van der Waals surface area (Å²) >= 11 is 0. The van der Waals surface area contributed by atoms with Crippen LogP contribution in [0.2, 0.25) is 0 Å². The molecule has 11 heteroatoms. The molecule has 0 spiro atoms. The van der Waals surface area contributed by atoms with E-state index < -0.39 is 35.7 Å². The number of aromatic hydroxyl groups is 1. The number of nitrogens with one attached hydrogen (secondary N) is 2. The number of alkyl halides is 3. The molecular formula is C20H19F3N2O6. The van der Waals surface area contributed by atoms with Crippen molar-refractivity contribution in [1.29, 1.82) is 0 Å². The lowest BCUT2D eigenvalue weighted by Gasteiger charge is -2.45. The highest BCUT2D eigenvalue weighted by atomic mass is 19.4. The molecule has 4 N–H and O–H groups in total. The highest BCUT2D eigenvalue weighted by Gasteiger charge is 2.66. The minimum absolute atomic E-state index is 0.0130. The Kier molecular flexibility index (Phi) is 5.72. The fourth-order valence-electron chi connectivity index (χ4n) is 3.44. The van der Waals surface area contributed by atoms with Gasteiger partial charge in [0.25, 0.3) is 0 Å². The molecule has 0 aliphatic carbocycles. The molecule has 0 unspecified atom stereocenters. The quantitative estimate of drug-likeness (QED) is 0.531. The average molecular weight is 440 g/mol. The highest BCUT2D eigenvalue weighted by Crippen LogP contribution is 2.45. The zero-order valence-electron chi connectivity index (χ0n) is 16.4. The van der Waals surface area contributed by atoms with Crippen LogP contribution < -0.4 is 20.1 Å². The van der Waals surface area contributed by atoms with E-state index in [0.29, 0.717) is 5.75 Å². The third-order valence-electron chi connectivity index (χ3n) is 5.03. The minimum Gasteiger partial charge on any atom is -0.504 e. The van der Waals surface area contributed by atoms with Crippen molar-refractivity contribution >= 4 is 11.8 Å². The monoisotopic (exact) mass is 440 g/mol. The number of phenols is 1. The summed E-state index contributed by atoms with van der Waals surface area (Å²) < 4.78 is 51.7. The molecule has 31 heavy (non-hydrogen) atoms. The number of methoxy groups -OCH3 is 2. The van der Waals surface area contributed by atoms with Gasteiger partial charge in [-0.1, -0.05) is 6.07 Å². The first-order valence-electron chi connectivity index (χ1n) is 8.94. The van der Waals surface area contributed by atoms with Gasteiger partial charge in [-0.05, 0) is 42.0 Å². The lowest BCUT2D eigenvalue weighted by molar-refractivity contribution is -0.287. The van der Waals surface area contributed by atoms with E-state index in [-0.39, 0.29) is 22.6 Å². The molecule has 3 rings (SSSR count). The average Bonchev–Trinajstić information content (AvgIpc) is 2.72. The number of rotatable bonds is 5. The maximum Gasteiger partial charge on any atom is 0.437 e. The van der Waals surface area contributed by atoms with Gasteiger partial charge >= 0.3 is 12.2 Å². The summed E-state index contributed by atoms with van der Waals surface area (Å²) in [5.74, 6) is -3.29. The van der Waals surface area contributed by atoms with E-state index in [4.69, 9.17) is 9.47 Å². The van der Waals surface area contributed by atoms with Gasteiger partial charge in [0.1, 0.15) is 11.7 Å². The molecule has 1 aliphatic heterocycles. The second-order valence-corrected chi connectivity index (χ2v) is 6.84. The maximum absolute atomic E-state index is 13.9. The van der Waals surface area contributed by atoms with Crippen LogP contribution >= 0.6 is 0 Å². The van der Waals surface area contributed by atoms with Crippen LogP contribution in [0.4, 0.5) is 18.0 Å². The van der Waals surface area contributed by atoms with Gasteiger partial charge in [0, 0.05) is 5.56 Å². The van der Waals surface area contributed by atoms with E-state index >= 15 is 0 Å². The first kappa shape index (κ1) is 22.2. The van der Waals surface area contributed by atoms with Crippen LogP contribution in [0.3, 0.4) is 0 Å². The number of ketones is 1. The zero-order valence-corrected chi connectivity index (χ0v) is 16.4. The molecule has 2 aromatic carbocycles. The Labute approximate surface area is 174 Å². The van der Waals surface area contributed by atoms with E-state index in [9.17, 15) is 33.0 Å². The zero-order chi connectivity index (χ0) is 23.0. The number of aliphatic hydroxyl groups is 1. The van der Waals surface area contributed by atoms with Crippen molar-refractivity contribution in [3.63, 3.8) is 0 Å². The molecule has 8 nitrogen and oxygen atoms in total. The number of hydrogen-bond donors (Lipinski definition) is 4. The lowest BCUT2D eigenvalue weighted by atomic mass is 9.77. The minimum atomic E-state index is -5.38.